The van der Waals surface area contributed by atoms with Gasteiger partial charge < -0.3 is 4.74 Å². The lowest BCUT2D eigenvalue weighted by Gasteiger charge is -2.11. The van der Waals surface area contributed by atoms with E-state index >= 15 is 0 Å². The van der Waals surface area contributed by atoms with Crippen molar-refractivity contribution in [3.63, 3.8) is 0 Å². The molecular weight excluding hydrogens is 232 g/mol. The standard InChI is InChI=1S/C9H18N2O4S/c1-4-5-6-7-8-15-9(12)10-16(13,14)11(2)3/h6-7H,4-5,8H2,1-3H3,(H,10,12)/b7-6+. The summed E-state index contributed by atoms with van der Waals surface area (Å²) >= 11 is 0. The molecule has 1 amide bonds. The molecule has 0 aromatic rings. The maximum atomic E-state index is 11.2. The Kier molecular flexibility index (Phi) is 6.75. The lowest BCUT2D eigenvalue weighted by Crippen LogP contribution is -2.39. The molecule has 0 aromatic heterocycles. The Balaban J connectivity index is 3.93. The third kappa shape index (κ3) is 6.41. The van der Waals surface area contributed by atoms with Gasteiger partial charge in [-0.05, 0) is 6.42 Å². The molecule has 0 radical (unpaired) electrons. The highest BCUT2D eigenvalue weighted by molar-refractivity contribution is 7.87. The fraction of sp³-hybridized carbons (Fsp3) is 0.667. The van der Waals surface area contributed by atoms with Gasteiger partial charge in [0.25, 0.3) is 0 Å². The number of carbonyl (C=O) groups excluding carboxylic acids is 1. The topological polar surface area (TPSA) is 75.7 Å². The minimum Gasteiger partial charge on any atom is -0.445 e. The van der Waals surface area contributed by atoms with E-state index in [1.807, 2.05) is 13.0 Å². The summed E-state index contributed by atoms with van der Waals surface area (Å²) in [6.45, 7) is 2.09. The second-order valence-corrected chi connectivity index (χ2v) is 5.13. The van der Waals surface area contributed by atoms with Gasteiger partial charge in [0.1, 0.15) is 6.61 Å². The Hall–Kier alpha value is -1.08. The van der Waals surface area contributed by atoms with Gasteiger partial charge >= 0.3 is 16.3 Å². The summed E-state index contributed by atoms with van der Waals surface area (Å²) in [7, 11) is -1.13. The molecule has 0 aliphatic heterocycles. The molecule has 7 heteroatoms. The Morgan fingerprint density at radius 1 is 1.38 bits per heavy atom. The van der Waals surface area contributed by atoms with E-state index in [1.54, 1.807) is 10.8 Å². The number of amides is 1. The van der Waals surface area contributed by atoms with Crippen molar-refractivity contribution >= 4 is 16.3 Å². The molecule has 0 aliphatic rings. The molecule has 94 valence electrons. The van der Waals surface area contributed by atoms with E-state index in [-0.39, 0.29) is 6.61 Å². The van der Waals surface area contributed by atoms with E-state index in [0.717, 1.165) is 17.1 Å². The molecule has 0 unspecified atom stereocenters. The van der Waals surface area contributed by atoms with Crippen molar-refractivity contribution in [3.05, 3.63) is 12.2 Å². The number of unbranched alkanes of at least 4 members (excludes halogenated alkanes) is 1. The van der Waals surface area contributed by atoms with Gasteiger partial charge in [0.15, 0.2) is 0 Å². The Labute approximate surface area is 96.5 Å². The summed E-state index contributed by atoms with van der Waals surface area (Å²) in [5.41, 5.74) is 0. The average molecular weight is 250 g/mol. The Morgan fingerprint density at radius 2 is 2.00 bits per heavy atom. The maximum absolute atomic E-state index is 11.2. The summed E-state index contributed by atoms with van der Waals surface area (Å²) in [6, 6.07) is 0. The molecule has 0 heterocycles. The van der Waals surface area contributed by atoms with Crippen LogP contribution in [0.25, 0.3) is 0 Å². The van der Waals surface area contributed by atoms with Gasteiger partial charge in [0, 0.05) is 14.1 Å². The van der Waals surface area contributed by atoms with Crippen molar-refractivity contribution in [2.24, 2.45) is 0 Å². The molecule has 1 N–H and O–H groups in total. The summed E-state index contributed by atoms with van der Waals surface area (Å²) < 4.78 is 29.6. The van der Waals surface area contributed by atoms with Crippen molar-refractivity contribution in [1.29, 1.82) is 0 Å². The fourth-order valence-electron chi connectivity index (χ4n) is 0.702. The van der Waals surface area contributed by atoms with Crippen molar-refractivity contribution in [1.82, 2.24) is 9.03 Å². The molecular formula is C9H18N2O4S. The maximum Gasteiger partial charge on any atom is 0.422 e. The third-order valence-corrected chi connectivity index (χ3v) is 3.01. The van der Waals surface area contributed by atoms with Crippen LogP contribution in [0.15, 0.2) is 12.2 Å². The quantitative estimate of drug-likeness (QED) is 0.710. The van der Waals surface area contributed by atoms with Gasteiger partial charge in [0.05, 0.1) is 0 Å². The zero-order valence-electron chi connectivity index (χ0n) is 9.76. The molecule has 0 atom stereocenters. The molecule has 0 saturated heterocycles. The molecule has 0 bridgehead atoms. The number of hydrogen-bond acceptors (Lipinski definition) is 4. The van der Waals surface area contributed by atoms with Crippen LogP contribution in [0.3, 0.4) is 0 Å². The van der Waals surface area contributed by atoms with E-state index in [2.05, 4.69) is 4.74 Å². The van der Waals surface area contributed by atoms with Gasteiger partial charge in [-0.1, -0.05) is 25.5 Å². The third-order valence-electron chi connectivity index (χ3n) is 1.63. The van der Waals surface area contributed by atoms with Crippen LogP contribution in [-0.2, 0) is 14.9 Å². The Morgan fingerprint density at radius 3 is 2.50 bits per heavy atom. The molecule has 16 heavy (non-hydrogen) atoms. The summed E-state index contributed by atoms with van der Waals surface area (Å²) in [4.78, 5) is 11.0. The first-order chi connectivity index (χ1) is 7.40. The highest BCUT2D eigenvalue weighted by Crippen LogP contribution is 1.91. The lowest BCUT2D eigenvalue weighted by molar-refractivity contribution is 0.164. The second-order valence-electron chi connectivity index (χ2n) is 3.25. The van der Waals surface area contributed by atoms with Crippen LogP contribution in [0.2, 0.25) is 0 Å². The van der Waals surface area contributed by atoms with Gasteiger partial charge in [-0.3, -0.25) is 0 Å². The number of nitrogens with one attached hydrogen (secondary N) is 1. The molecule has 0 spiro atoms. The molecule has 6 nitrogen and oxygen atoms in total. The van der Waals surface area contributed by atoms with Gasteiger partial charge in [-0.15, -0.1) is 0 Å². The molecule has 0 aromatic carbocycles. The van der Waals surface area contributed by atoms with Crippen LogP contribution in [0.1, 0.15) is 19.8 Å². The fourth-order valence-corrected chi connectivity index (χ4v) is 1.15. The zero-order valence-corrected chi connectivity index (χ0v) is 10.6. The van der Waals surface area contributed by atoms with E-state index in [0.29, 0.717) is 0 Å². The van der Waals surface area contributed by atoms with E-state index < -0.39 is 16.3 Å². The van der Waals surface area contributed by atoms with Gasteiger partial charge in [0.2, 0.25) is 0 Å². The predicted molar refractivity (Wildman–Crippen MR) is 61.1 cm³/mol. The number of rotatable bonds is 6. The molecule has 0 aliphatic carbocycles. The second kappa shape index (κ2) is 7.24. The zero-order chi connectivity index (χ0) is 12.6. The minimum absolute atomic E-state index is 0.0643. The van der Waals surface area contributed by atoms with E-state index in [9.17, 15) is 13.2 Å². The van der Waals surface area contributed by atoms with Crippen LogP contribution >= 0.6 is 0 Å². The van der Waals surface area contributed by atoms with Crippen LogP contribution in [0.5, 0.6) is 0 Å². The van der Waals surface area contributed by atoms with Crippen LogP contribution in [0, 0.1) is 0 Å². The average Bonchev–Trinajstić information content (AvgIpc) is 2.16. The van der Waals surface area contributed by atoms with Crippen LogP contribution in [0.4, 0.5) is 4.79 Å². The highest BCUT2D eigenvalue weighted by atomic mass is 32.2. The number of ether oxygens (including phenoxy) is 1. The number of carbonyl (C=O) groups is 1. The van der Waals surface area contributed by atoms with Crippen molar-refractivity contribution < 1.29 is 17.9 Å². The number of allylic oxidation sites excluding steroid dienone is 1. The first kappa shape index (κ1) is 14.9. The van der Waals surface area contributed by atoms with Crippen LogP contribution in [-0.4, -0.2) is 39.5 Å². The smallest absolute Gasteiger partial charge is 0.422 e. The number of nitrogens with zero attached hydrogens (tertiary/aromatic N) is 1. The van der Waals surface area contributed by atoms with Crippen molar-refractivity contribution in [2.75, 3.05) is 20.7 Å². The van der Waals surface area contributed by atoms with Crippen LogP contribution < -0.4 is 4.72 Å². The molecule has 0 rings (SSSR count). The van der Waals surface area contributed by atoms with Crippen molar-refractivity contribution in [3.8, 4) is 0 Å². The summed E-state index contributed by atoms with van der Waals surface area (Å²) in [6.07, 6.45) is 4.48. The SMILES string of the molecule is CCC/C=C/COC(=O)NS(=O)(=O)N(C)C. The van der Waals surface area contributed by atoms with E-state index in [1.165, 1.54) is 14.1 Å². The van der Waals surface area contributed by atoms with Crippen molar-refractivity contribution in [2.45, 2.75) is 19.8 Å². The minimum atomic E-state index is -3.76. The summed E-state index contributed by atoms with van der Waals surface area (Å²) in [5.74, 6) is 0. The first-order valence-corrected chi connectivity index (χ1v) is 6.36. The highest BCUT2D eigenvalue weighted by Gasteiger charge is 2.17. The summed E-state index contributed by atoms with van der Waals surface area (Å²) in [5, 5.41) is 0. The van der Waals surface area contributed by atoms with E-state index in [4.69, 9.17) is 0 Å². The molecule has 0 saturated carbocycles. The Bertz CT molecular complexity index is 335. The largest absolute Gasteiger partial charge is 0.445 e. The monoisotopic (exact) mass is 250 g/mol. The lowest BCUT2D eigenvalue weighted by atomic mass is 10.3. The first-order valence-electron chi connectivity index (χ1n) is 4.92. The normalized spacial score (nSPS) is 12.0. The van der Waals surface area contributed by atoms with Gasteiger partial charge in [-0.25, -0.2) is 9.52 Å². The molecule has 0 fully saturated rings. The number of hydrogen-bond donors (Lipinski definition) is 1. The van der Waals surface area contributed by atoms with Gasteiger partial charge in [-0.2, -0.15) is 12.7 Å². The predicted octanol–water partition coefficient (Wildman–Crippen LogP) is 0.875.